The molecule has 3 aromatic heterocycles. The molecule has 3 heterocycles. The quantitative estimate of drug-likeness (QED) is 0.172. The highest BCUT2D eigenvalue weighted by Gasteiger charge is 2.17. The van der Waals surface area contributed by atoms with E-state index in [1.807, 2.05) is 17.4 Å². The number of para-hydroxylation sites is 2. The maximum Gasteiger partial charge on any atom is 0.160 e. The normalized spacial score (nSPS) is 11.8. The molecular weight excluding hydrogens is 663 g/mol. The highest BCUT2D eigenvalue weighted by atomic mass is 32.1. The van der Waals surface area contributed by atoms with E-state index >= 15 is 0 Å². The third kappa shape index (κ3) is 4.91. The molecule has 0 unspecified atom stereocenters. The predicted molar refractivity (Wildman–Crippen MR) is 224 cm³/mol. The third-order valence-corrected chi connectivity index (χ3v) is 11.7. The van der Waals surface area contributed by atoms with Crippen molar-refractivity contribution >= 4 is 74.9 Å². The fraction of sp³-hybridized carbons (Fsp3) is 0. The molecule has 246 valence electrons. The Morgan fingerprint density at radius 3 is 1.83 bits per heavy atom. The van der Waals surface area contributed by atoms with Crippen LogP contribution in [0.4, 0.5) is 0 Å². The first kappa shape index (κ1) is 29.9. The molecule has 0 aliphatic heterocycles. The second-order valence-corrected chi connectivity index (χ2v) is 14.6. The number of pyridine rings is 1. The molecule has 0 amide bonds. The highest BCUT2D eigenvalue weighted by molar-refractivity contribution is 7.26. The van der Waals surface area contributed by atoms with E-state index in [4.69, 9.17) is 15.0 Å². The van der Waals surface area contributed by atoms with Gasteiger partial charge in [-0.2, -0.15) is 0 Å². The second kappa shape index (κ2) is 11.9. The van der Waals surface area contributed by atoms with E-state index in [1.165, 1.54) is 47.1 Å². The molecule has 4 heteroatoms. The van der Waals surface area contributed by atoms with Gasteiger partial charge in [-0.25, -0.2) is 15.0 Å². The first-order valence-electron chi connectivity index (χ1n) is 17.9. The lowest BCUT2D eigenvalue weighted by molar-refractivity contribution is 1.23. The molecule has 53 heavy (non-hydrogen) atoms. The van der Waals surface area contributed by atoms with Crippen molar-refractivity contribution < 1.29 is 0 Å². The van der Waals surface area contributed by atoms with Gasteiger partial charge in [-0.05, 0) is 52.2 Å². The van der Waals surface area contributed by atoms with Gasteiger partial charge in [0.25, 0.3) is 0 Å². The number of rotatable bonds is 4. The van der Waals surface area contributed by atoms with E-state index in [9.17, 15) is 0 Å². The van der Waals surface area contributed by atoms with Crippen LogP contribution in [0.15, 0.2) is 176 Å². The molecule has 0 N–H and O–H groups in total. The molecule has 0 bridgehead atoms. The summed E-state index contributed by atoms with van der Waals surface area (Å²) in [6.07, 6.45) is 0. The Morgan fingerprint density at radius 1 is 0.340 bits per heavy atom. The monoisotopic (exact) mass is 691 g/mol. The zero-order valence-electron chi connectivity index (χ0n) is 28.5. The van der Waals surface area contributed by atoms with Gasteiger partial charge in [-0.3, -0.25) is 0 Å². The van der Waals surface area contributed by atoms with E-state index in [-0.39, 0.29) is 0 Å². The Balaban J connectivity index is 1.01. The first-order chi connectivity index (χ1) is 26.2. The topological polar surface area (TPSA) is 38.7 Å². The lowest BCUT2D eigenvalue weighted by Crippen LogP contribution is -1.95. The number of nitrogens with zero attached hydrogens (tertiary/aromatic N) is 3. The Labute approximate surface area is 309 Å². The van der Waals surface area contributed by atoms with Crippen LogP contribution in [0.1, 0.15) is 0 Å². The minimum absolute atomic E-state index is 0.714. The fourth-order valence-corrected chi connectivity index (χ4v) is 9.12. The summed E-state index contributed by atoms with van der Waals surface area (Å²) in [5.74, 6) is 0.714. The zero-order chi connectivity index (χ0) is 34.9. The second-order valence-electron chi connectivity index (χ2n) is 13.6. The van der Waals surface area contributed by atoms with E-state index in [2.05, 4.69) is 170 Å². The standard InChI is InChI=1S/C49H29N3S/c1-2-11-33-29-36(25-22-30(33)10-1)46-40-16-4-7-18-43(40)51-49(52-46)32-23-20-31(21-24-32)34-12-9-13-35(28-34)47-41-27-26-38-37-14-5-8-19-44(37)53-48(38)45(41)39-15-3-6-17-42(39)50-47/h1-29H. The van der Waals surface area contributed by atoms with Crippen molar-refractivity contribution in [2.75, 3.05) is 0 Å². The number of hydrogen-bond donors (Lipinski definition) is 0. The van der Waals surface area contributed by atoms with Gasteiger partial charge in [0.15, 0.2) is 5.82 Å². The van der Waals surface area contributed by atoms with Crippen molar-refractivity contribution in [2.45, 2.75) is 0 Å². The Bertz CT molecular complexity index is 3230. The van der Waals surface area contributed by atoms with Crippen LogP contribution in [-0.4, -0.2) is 15.0 Å². The SMILES string of the molecule is c1cc(-c2ccc(-c3nc(-c4ccc5ccccc5c4)c4ccccc4n3)cc2)cc(-c2nc3ccccc3c3c2ccc2c4ccccc4sc23)c1. The van der Waals surface area contributed by atoms with Crippen LogP contribution < -0.4 is 0 Å². The van der Waals surface area contributed by atoms with Crippen LogP contribution in [0.25, 0.3) is 109 Å². The first-order valence-corrected chi connectivity index (χ1v) is 18.7. The lowest BCUT2D eigenvalue weighted by atomic mass is 9.95. The summed E-state index contributed by atoms with van der Waals surface area (Å²) in [4.78, 5) is 15.5. The number of aromatic nitrogens is 3. The van der Waals surface area contributed by atoms with Gasteiger partial charge in [0.05, 0.1) is 22.4 Å². The summed E-state index contributed by atoms with van der Waals surface area (Å²) in [6.45, 7) is 0. The van der Waals surface area contributed by atoms with Gasteiger partial charge in [0.1, 0.15) is 0 Å². The van der Waals surface area contributed by atoms with Crippen molar-refractivity contribution in [3.63, 3.8) is 0 Å². The van der Waals surface area contributed by atoms with E-state index in [1.54, 1.807) is 0 Å². The zero-order valence-corrected chi connectivity index (χ0v) is 29.3. The fourth-order valence-electron chi connectivity index (χ4n) is 7.86. The van der Waals surface area contributed by atoms with Gasteiger partial charge in [-0.1, -0.05) is 146 Å². The number of thiophene rings is 1. The maximum atomic E-state index is 5.29. The molecule has 0 saturated carbocycles. The van der Waals surface area contributed by atoms with E-state index in [0.29, 0.717) is 5.82 Å². The van der Waals surface area contributed by atoms with Crippen LogP contribution in [0, 0.1) is 0 Å². The largest absolute Gasteiger partial charge is 0.247 e. The van der Waals surface area contributed by atoms with Gasteiger partial charge in [-0.15, -0.1) is 11.3 Å². The average molecular weight is 692 g/mol. The Hall–Kier alpha value is -6.75. The highest BCUT2D eigenvalue weighted by Crippen LogP contribution is 2.43. The van der Waals surface area contributed by atoms with Gasteiger partial charge in [0.2, 0.25) is 0 Å². The molecule has 0 aliphatic carbocycles. The summed E-state index contributed by atoms with van der Waals surface area (Å²) >= 11 is 1.87. The summed E-state index contributed by atoms with van der Waals surface area (Å²) < 4.78 is 2.62. The van der Waals surface area contributed by atoms with E-state index < -0.39 is 0 Å². The summed E-state index contributed by atoms with van der Waals surface area (Å²) in [6, 6.07) is 62.5. The maximum absolute atomic E-state index is 5.29. The van der Waals surface area contributed by atoms with Gasteiger partial charge < -0.3 is 0 Å². The van der Waals surface area contributed by atoms with Crippen molar-refractivity contribution in [2.24, 2.45) is 0 Å². The third-order valence-electron chi connectivity index (χ3n) is 10.4. The molecule has 3 nitrogen and oxygen atoms in total. The minimum Gasteiger partial charge on any atom is -0.247 e. The molecule has 0 spiro atoms. The van der Waals surface area contributed by atoms with Crippen molar-refractivity contribution in [3.8, 4) is 45.0 Å². The summed E-state index contributed by atoms with van der Waals surface area (Å²) in [5.41, 5.74) is 9.31. The van der Waals surface area contributed by atoms with Crippen LogP contribution >= 0.6 is 11.3 Å². The minimum atomic E-state index is 0.714. The van der Waals surface area contributed by atoms with Crippen LogP contribution in [0.5, 0.6) is 0 Å². The predicted octanol–water partition coefficient (Wildman–Crippen LogP) is 13.5. The van der Waals surface area contributed by atoms with Crippen LogP contribution in [0.3, 0.4) is 0 Å². The molecule has 11 rings (SSSR count). The van der Waals surface area contributed by atoms with Crippen molar-refractivity contribution in [1.29, 1.82) is 0 Å². The van der Waals surface area contributed by atoms with Crippen molar-refractivity contribution in [3.05, 3.63) is 176 Å². The van der Waals surface area contributed by atoms with Crippen LogP contribution in [0.2, 0.25) is 0 Å². The molecule has 0 aliphatic rings. The smallest absolute Gasteiger partial charge is 0.160 e. The van der Waals surface area contributed by atoms with Crippen LogP contribution in [-0.2, 0) is 0 Å². The molecule has 11 aromatic rings. The molecule has 0 saturated heterocycles. The molecular formula is C49H29N3S. The van der Waals surface area contributed by atoms with Gasteiger partial charge >= 0.3 is 0 Å². The van der Waals surface area contributed by atoms with Gasteiger partial charge in [0, 0.05) is 58.4 Å². The molecule has 0 radical (unpaired) electrons. The van der Waals surface area contributed by atoms with Crippen molar-refractivity contribution in [1.82, 2.24) is 15.0 Å². The number of fused-ring (bicyclic) bond motifs is 9. The molecule has 0 atom stereocenters. The number of hydrogen-bond acceptors (Lipinski definition) is 4. The summed E-state index contributed by atoms with van der Waals surface area (Å²) in [5, 5.41) is 9.70. The average Bonchev–Trinajstić information content (AvgIpc) is 3.62. The molecule has 8 aromatic carbocycles. The number of benzene rings is 8. The Morgan fingerprint density at radius 2 is 0.962 bits per heavy atom. The Kier molecular flexibility index (Phi) is 6.73. The van der Waals surface area contributed by atoms with E-state index in [0.717, 1.165) is 55.6 Å². The lowest BCUT2D eigenvalue weighted by Gasteiger charge is -2.13. The summed E-state index contributed by atoms with van der Waals surface area (Å²) in [7, 11) is 0. The molecule has 0 fully saturated rings.